The van der Waals surface area contributed by atoms with Gasteiger partial charge in [-0.15, -0.1) is 0 Å². The molecule has 0 saturated heterocycles. The second kappa shape index (κ2) is 10.3. The number of hydrogen-bond acceptors (Lipinski definition) is 2. The van der Waals surface area contributed by atoms with Crippen molar-refractivity contribution in [2.24, 2.45) is 0 Å². The van der Waals surface area contributed by atoms with Gasteiger partial charge in [0.1, 0.15) is 8.96 Å². The fraction of sp³-hybridized carbons (Fsp3) is 1.00. The van der Waals surface area contributed by atoms with Gasteiger partial charge in [0.05, 0.1) is 18.4 Å². The second-order valence-electron chi connectivity index (χ2n) is 6.15. The second-order valence-corrected chi connectivity index (χ2v) is 14.2. The van der Waals surface area contributed by atoms with Crippen LogP contribution in [0, 0.1) is 0 Å². The summed E-state index contributed by atoms with van der Waals surface area (Å²) in [5.74, 6) is 0. The minimum Gasteiger partial charge on any atom is -0.350 e. The van der Waals surface area contributed by atoms with E-state index in [2.05, 4.69) is 63.4 Å². The summed E-state index contributed by atoms with van der Waals surface area (Å²) in [6, 6.07) is 2.44. The van der Waals surface area contributed by atoms with Crippen molar-refractivity contribution < 1.29 is 0 Å². The van der Waals surface area contributed by atoms with Crippen LogP contribution in [-0.4, -0.2) is 54.3 Å². The topological polar surface area (TPSA) is 6.48 Å². The Hall–Kier alpha value is 0.571. The van der Waals surface area contributed by atoms with Crippen LogP contribution in [0.5, 0.6) is 0 Å². The van der Waals surface area contributed by atoms with E-state index in [9.17, 15) is 0 Å². The van der Waals surface area contributed by atoms with E-state index >= 15 is 0 Å². The lowest BCUT2D eigenvalue weighted by Crippen LogP contribution is -2.53. The third-order valence-electron chi connectivity index (χ3n) is 4.61. The molecule has 2 nitrogen and oxygen atoms in total. The number of rotatable bonds is 10. The Morgan fingerprint density at radius 1 is 0.789 bits per heavy atom. The van der Waals surface area contributed by atoms with E-state index in [1.807, 2.05) is 0 Å². The Morgan fingerprint density at radius 2 is 1.21 bits per heavy atom. The van der Waals surface area contributed by atoms with Gasteiger partial charge in [-0.3, -0.25) is 0 Å². The van der Waals surface area contributed by atoms with E-state index < -0.39 is 0 Å². The van der Waals surface area contributed by atoms with Crippen LogP contribution in [-0.2, 0) is 0 Å². The van der Waals surface area contributed by atoms with Crippen molar-refractivity contribution in [3.05, 3.63) is 0 Å². The van der Waals surface area contributed by atoms with Crippen molar-refractivity contribution in [1.29, 1.82) is 0 Å². The van der Waals surface area contributed by atoms with E-state index in [4.69, 9.17) is 0 Å². The highest BCUT2D eigenvalue weighted by Crippen LogP contribution is 2.11. The molecule has 0 aliphatic carbocycles. The molecular weight excluding hydrogens is 280 g/mol. The lowest BCUT2D eigenvalue weighted by molar-refractivity contribution is 0.272. The van der Waals surface area contributed by atoms with Crippen molar-refractivity contribution in [2.75, 3.05) is 0 Å². The number of hydrogen-bond donors (Lipinski definition) is 0. The fourth-order valence-electron chi connectivity index (χ4n) is 2.67. The summed E-state index contributed by atoms with van der Waals surface area (Å²) in [6.07, 6.45) is 3.94. The molecule has 115 valence electrons. The minimum absolute atomic E-state index is 0.0103. The highest BCUT2D eigenvalue weighted by molar-refractivity contribution is 7.00. The van der Waals surface area contributed by atoms with E-state index in [1.165, 1.54) is 19.3 Å². The van der Waals surface area contributed by atoms with E-state index in [0.717, 1.165) is 18.1 Å². The predicted molar refractivity (Wildman–Crippen MR) is 97.5 cm³/mol. The van der Waals surface area contributed by atoms with Gasteiger partial charge in [0, 0.05) is 0 Å². The summed E-state index contributed by atoms with van der Waals surface area (Å²) in [6.45, 7) is 19.3. The van der Waals surface area contributed by atoms with Gasteiger partial charge in [0.2, 0.25) is 0 Å². The van der Waals surface area contributed by atoms with Crippen LogP contribution in [0.2, 0.25) is 13.1 Å². The van der Waals surface area contributed by atoms with Crippen molar-refractivity contribution in [1.82, 2.24) is 8.80 Å². The summed E-state index contributed by atoms with van der Waals surface area (Å²) in [5, 5.41) is 0. The molecule has 1 radical (unpaired) electrons. The van der Waals surface area contributed by atoms with E-state index in [0.29, 0.717) is 0 Å². The Balaban J connectivity index is 4.58. The Kier molecular flexibility index (Phi) is 10.6. The maximum absolute atomic E-state index is 2.95. The van der Waals surface area contributed by atoms with Crippen molar-refractivity contribution in [2.45, 2.75) is 92.0 Å². The highest BCUT2D eigenvalue weighted by atomic mass is 29.2. The molecule has 0 aromatic heterocycles. The lowest BCUT2D eigenvalue weighted by atomic mass is 10.2. The minimum atomic E-state index is -0.241. The molecule has 0 amide bonds. The molecule has 0 fully saturated rings. The summed E-state index contributed by atoms with van der Waals surface area (Å²) >= 11 is 0. The maximum atomic E-state index is 2.95. The Bertz CT molecular complexity index is 217. The molecule has 0 heterocycles. The molecule has 0 aliphatic heterocycles. The first-order valence-electron chi connectivity index (χ1n) is 8.21. The van der Waals surface area contributed by atoms with E-state index in [1.54, 1.807) is 0 Å². The van der Waals surface area contributed by atoms with Gasteiger partial charge in [0.25, 0.3) is 0 Å². The molecule has 5 heteroatoms. The molecule has 3 atom stereocenters. The molecule has 0 bridgehead atoms. The van der Waals surface area contributed by atoms with E-state index in [-0.39, 0.29) is 27.4 Å². The van der Waals surface area contributed by atoms with Crippen molar-refractivity contribution in [3.63, 3.8) is 0 Å². The van der Waals surface area contributed by atoms with Gasteiger partial charge in [-0.25, -0.2) is 0 Å². The zero-order valence-electron chi connectivity index (χ0n) is 14.7. The van der Waals surface area contributed by atoms with Crippen molar-refractivity contribution in [3.8, 4) is 0 Å². The zero-order chi connectivity index (χ0) is 15.0. The monoisotopic (exact) mass is 317 g/mol. The van der Waals surface area contributed by atoms with Crippen molar-refractivity contribution >= 4 is 27.4 Å². The summed E-state index contributed by atoms with van der Waals surface area (Å²) in [7, 11) is -0.240. The maximum Gasteiger partial charge on any atom is 0.122 e. The van der Waals surface area contributed by atoms with Gasteiger partial charge >= 0.3 is 0 Å². The summed E-state index contributed by atoms with van der Waals surface area (Å²) in [5.41, 5.74) is 0. The molecule has 3 unspecified atom stereocenters. The molecule has 0 aromatic carbocycles. The average molecular weight is 318 g/mol. The molecule has 0 aromatic rings. The molecule has 19 heavy (non-hydrogen) atoms. The van der Waals surface area contributed by atoms with Crippen LogP contribution in [0.15, 0.2) is 0 Å². The van der Waals surface area contributed by atoms with Gasteiger partial charge in [-0.1, -0.05) is 54.6 Å². The summed E-state index contributed by atoms with van der Waals surface area (Å²) in [4.78, 5) is 0. The first-order chi connectivity index (χ1) is 8.88. The van der Waals surface area contributed by atoms with Crippen LogP contribution in [0.1, 0.15) is 60.8 Å². The van der Waals surface area contributed by atoms with Gasteiger partial charge < -0.3 is 8.80 Å². The van der Waals surface area contributed by atoms with Crippen LogP contribution in [0.4, 0.5) is 0 Å². The zero-order valence-corrected chi connectivity index (χ0v) is 18.5. The highest BCUT2D eigenvalue weighted by Gasteiger charge is 2.22. The Labute approximate surface area is 128 Å². The normalized spacial score (nSPS) is 18.5. The molecule has 0 spiro atoms. The third kappa shape index (κ3) is 6.71. The molecular formula is C14H37N2Si3. The summed E-state index contributed by atoms with van der Waals surface area (Å²) < 4.78 is 5.86. The first kappa shape index (κ1) is 19.6. The largest absolute Gasteiger partial charge is 0.350 e. The smallest absolute Gasteiger partial charge is 0.122 e. The third-order valence-corrected chi connectivity index (χ3v) is 16.8. The fourth-order valence-corrected chi connectivity index (χ4v) is 18.3. The van der Waals surface area contributed by atoms with Gasteiger partial charge in [0.15, 0.2) is 0 Å². The molecule has 0 N–H and O–H groups in total. The van der Waals surface area contributed by atoms with Gasteiger partial charge in [-0.05, 0) is 37.4 Å². The predicted octanol–water partition coefficient (Wildman–Crippen LogP) is 2.32. The van der Waals surface area contributed by atoms with Crippen LogP contribution < -0.4 is 0 Å². The quantitative estimate of drug-likeness (QED) is 0.571. The SMILES string of the molecule is CCC(C)N([SiH2][SiH2]N(C(C)CC)[Si](C)C)C(C)CC. The first-order valence-corrected chi connectivity index (χ1v) is 15.9. The molecule has 0 saturated carbocycles. The lowest BCUT2D eigenvalue weighted by Gasteiger charge is -2.38. The van der Waals surface area contributed by atoms with Crippen LogP contribution in [0.25, 0.3) is 0 Å². The van der Waals surface area contributed by atoms with Crippen LogP contribution >= 0.6 is 0 Å². The standard InChI is InChI=1S/C14H37N2Si3/c1-9-12(4)15(13(5)10-2)17-18-16(19(7)8)14(6)11-3/h12-14H,9-11,17-18H2,1-8H3. The van der Waals surface area contributed by atoms with Gasteiger partial charge in [-0.2, -0.15) is 0 Å². The molecule has 0 rings (SSSR count). The Morgan fingerprint density at radius 3 is 1.53 bits per heavy atom. The molecule has 0 aliphatic rings. The van der Waals surface area contributed by atoms with Crippen LogP contribution in [0.3, 0.4) is 0 Å². The average Bonchev–Trinajstić information content (AvgIpc) is 2.40. The number of nitrogens with zero attached hydrogens (tertiary/aromatic N) is 2.